The molecule has 0 bridgehead atoms. The fraction of sp³-hybridized carbons (Fsp3) is 0.619. The molecule has 2 heterocycles. The Hall–Kier alpha value is -1.43. The first-order valence-corrected chi connectivity index (χ1v) is 10.5. The predicted molar refractivity (Wildman–Crippen MR) is 107 cm³/mol. The molecule has 1 aliphatic carbocycles. The van der Waals surface area contributed by atoms with Crippen molar-refractivity contribution in [3.63, 3.8) is 0 Å². The molecule has 1 saturated carbocycles. The predicted octanol–water partition coefficient (Wildman–Crippen LogP) is 4.71. The maximum absolute atomic E-state index is 6.26. The Balaban J connectivity index is 1.60. The normalized spacial score (nSPS) is 24.1. The van der Waals surface area contributed by atoms with Crippen molar-refractivity contribution in [1.82, 2.24) is 19.7 Å². The number of hydrogen-bond acceptors (Lipinski definition) is 4. The molecule has 0 N–H and O–H groups in total. The van der Waals surface area contributed by atoms with Gasteiger partial charge in [-0.3, -0.25) is 9.47 Å². The second kappa shape index (κ2) is 7.90. The van der Waals surface area contributed by atoms with E-state index in [1.807, 2.05) is 6.07 Å². The number of rotatable bonds is 4. The topological polar surface area (TPSA) is 43.2 Å². The summed E-state index contributed by atoms with van der Waals surface area (Å²) in [5.74, 6) is 2.56. The average molecular weight is 389 g/mol. The van der Waals surface area contributed by atoms with E-state index in [0.29, 0.717) is 18.1 Å². The van der Waals surface area contributed by atoms with Crippen LogP contribution in [0.5, 0.6) is 0 Å². The molecule has 0 saturated heterocycles. The van der Waals surface area contributed by atoms with Gasteiger partial charge < -0.3 is 4.74 Å². The Kier molecular flexibility index (Phi) is 5.53. The standard InChI is InChI=1S/C21H29ClN4O/c1-4-14(2)27-18-8-5-15(6-9-18)21-24-23-20-13-25(3)12-16-11-17(22)7-10-19(16)26(20)21/h7,10-11,14-15,18H,4-6,8-9,12-13H2,1-3H3. The molecule has 1 fully saturated rings. The Bertz CT molecular complexity index is 797. The van der Waals surface area contributed by atoms with Crippen molar-refractivity contribution in [2.24, 2.45) is 0 Å². The van der Waals surface area contributed by atoms with Gasteiger partial charge >= 0.3 is 0 Å². The number of aromatic nitrogens is 3. The van der Waals surface area contributed by atoms with Crippen LogP contribution in [-0.4, -0.2) is 38.9 Å². The maximum atomic E-state index is 6.26. The van der Waals surface area contributed by atoms with E-state index in [-0.39, 0.29) is 0 Å². The Morgan fingerprint density at radius 3 is 2.70 bits per heavy atom. The molecule has 4 rings (SSSR count). The van der Waals surface area contributed by atoms with Crippen LogP contribution in [-0.2, 0) is 17.8 Å². The number of nitrogens with zero attached hydrogens (tertiary/aromatic N) is 4. The van der Waals surface area contributed by atoms with E-state index >= 15 is 0 Å². The van der Waals surface area contributed by atoms with Gasteiger partial charge in [0.05, 0.1) is 24.4 Å². The van der Waals surface area contributed by atoms with Gasteiger partial charge in [-0.15, -0.1) is 10.2 Å². The van der Waals surface area contributed by atoms with Crippen LogP contribution >= 0.6 is 11.6 Å². The Morgan fingerprint density at radius 1 is 1.19 bits per heavy atom. The molecule has 6 heteroatoms. The zero-order valence-corrected chi connectivity index (χ0v) is 17.2. The zero-order valence-electron chi connectivity index (χ0n) is 16.5. The molecule has 27 heavy (non-hydrogen) atoms. The van der Waals surface area contributed by atoms with E-state index in [2.05, 4.69) is 52.7 Å². The highest BCUT2D eigenvalue weighted by Crippen LogP contribution is 2.36. The summed E-state index contributed by atoms with van der Waals surface area (Å²) in [6.45, 7) is 6.02. The molecule has 5 nitrogen and oxygen atoms in total. The van der Waals surface area contributed by atoms with E-state index in [9.17, 15) is 0 Å². The van der Waals surface area contributed by atoms with Crippen molar-refractivity contribution in [3.8, 4) is 5.69 Å². The minimum atomic E-state index is 0.350. The van der Waals surface area contributed by atoms with Gasteiger partial charge in [-0.1, -0.05) is 18.5 Å². The highest BCUT2D eigenvalue weighted by molar-refractivity contribution is 6.30. The SMILES string of the molecule is CCC(C)OC1CCC(c2nnc3n2-c2ccc(Cl)cc2CN(C)C3)CC1. The van der Waals surface area contributed by atoms with Crippen LogP contribution in [0.3, 0.4) is 0 Å². The molecule has 0 amide bonds. The fourth-order valence-electron chi connectivity index (χ4n) is 4.33. The van der Waals surface area contributed by atoms with Crippen LogP contribution in [0.25, 0.3) is 5.69 Å². The number of halogens is 1. The minimum absolute atomic E-state index is 0.350. The van der Waals surface area contributed by atoms with Crippen LogP contribution in [0.4, 0.5) is 0 Å². The zero-order chi connectivity index (χ0) is 19.0. The molecule has 0 radical (unpaired) electrons. The summed E-state index contributed by atoms with van der Waals surface area (Å²) in [4.78, 5) is 2.27. The molecule has 1 unspecified atom stereocenters. The van der Waals surface area contributed by atoms with Gasteiger partial charge in [0, 0.05) is 17.5 Å². The summed E-state index contributed by atoms with van der Waals surface area (Å²) in [6.07, 6.45) is 6.23. The van der Waals surface area contributed by atoms with Crippen molar-refractivity contribution in [2.45, 2.75) is 77.2 Å². The summed E-state index contributed by atoms with van der Waals surface area (Å²) in [6, 6.07) is 6.16. The number of benzene rings is 1. The van der Waals surface area contributed by atoms with Gasteiger partial charge in [-0.05, 0) is 69.8 Å². The lowest BCUT2D eigenvalue weighted by atomic mass is 9.86. The van der Waals surface area contributed by atoms with Crippen LogP contribution in [0.1, 0.15) is 69.1 Å². The minimum Gasteiger partial charge on any atom is -0.375 e. The largest absolute Gasteiger partial charge is 0.375 e. The third-order valence-corrected chi connectivity index (χ3v) is 6.16. The van der Waals surface area contributed by atoms with E-state index in [1.54, 1.807) is 0 Å². The first-order valence-electron chi connectivity index (χ1n) is 10.1. The average Bonchev–Trinajstić information content (AvgIpc) is 2.99. The second-order valence-electron chi connectivity index (χ2n) is 8.08. The van der Waals surface area contributed by atoms with Crippen LogP contribution in [0, 0.1) is 0 Å². The number of ether oxygens (including phenoxy) is 1. The van der Waals surface area contributed by atoms with Gasteiger partial charge in [0.15, 0.2) is 5.82 Å². The molecule has 1 aromatic carbocycles. The smallest absolute Gasteiger partial charge is 0.151 e. The van der Waals surface area contributed by atoms with Crippen LogP contribution < -0.4 is 0 Å². The molecule has 1 aliphatic heterocycles. The first kappa shape index (κ1) is 18.9. The van der Waals surface area contributed by atoms with E-state index < -0.39 is 0 Å². The molecule has 1 atom stereocenters. The van der Waals surface area contributed by atoms with Crippen molar-refractivity contribution in [1.29, 1.82) is 0 Å². The first-order chi connectivity index (χ1) is 13.0. The van der Waals surface area contributed by atoms with Gasteiger partial charge in [0.2, 0.25) is 0 Å². The highest BCUT2D eigenvalue weighted by atomic mass is 35.5. The summed E-state index contributed by atoms with van der Waals surface area (Å²) in [5, 5.41) is 9.97. The van der Waals surface area contributed by atoms with Gasteiger partial charge in [0.1, 0.15) is 5.82 Å². The van der Waals surface area contributed by atoms with Crippen LogP contribution in [0.2, 0.25) is 5.02 Å². The quantitative estimate of drug-likeness (QED) is 0.760. The molecule has 2 aromatic rings. The Labute approximate surface area is 166 Å². The van der Waals surface area contributed by atoms with E-state index in [1.165, 1.54) is 11.3 Å². The number of fused-ring (bicyclic) bond motifs is 3. The summed E-state index contributed by atoms with van der Waals surface area (Å²) in [5.41, 5.74) is 2.41. The molecule has 146 valence electrons. The number of hydrogen-bond donors (Lipinski definition) is 0. The van der Waals surface area contributed by atoms with Crippen molar-refractivity contribution in [3.05, 3.63) is 40.4 Å². The monoisotopic (exact) mass is 388 g/mol. The van der Waals surface area contributed by atoms with Crippen molar-refractivity contribution < 1.29 is 4.74 Å². The summed E-state index contributed by atoms with van der Waals surface area (Å²) in [7, 11) is 2.12. The van der Waals surface area contributed by atoms with Crippen LogP contribution in [0.15, 0.2) is 18.2 Å². The molecule has 1 aromatic heterocycles. The molecular formula is C21H29ClN4O. The highest BCUT2D eigenvalue weighted by Gasteiger charge is 2.30. The summed E-state index contributed by atoms with van der Waals surface area (Å²) >= 11 is 6.26. The third-order valence-electron chi connectivity index (χ3n) is 5.93. The fourth-order valence-corrected chi connectivity index (χ4v) is 4.52. The van der Waals surface area contributed by atoms with Gasteiger partial charge in [-0.25, -0.2) is 0 Å². The Morgan fingerprint density at radius 2 is 1.96 bits per heavy atom. The summed E-state index contributed by atoms with van der Waals surface area (Å²) < 4.78 is 8.45. The van der Waals surface area contributed by atoms with Gasteiger partial charge in [-0.2, -0.15) is 0 Å². The van der Waals surface area contributed by atoms with E-state index in [4.69, 9.17) is 16.3 Å². The molecule has 2 aliphatic rings. The lowest BCUT2D eigenvalue weighted by molar-refractivity contribution is -0.0251. The van der Waals surface area contributed by atoms with Crippen molar-refractivity contribution in [2.75, 3.05) is 7.05 Å². The molecule has 0 spiro atoms. The second-order valence-corrected chi connectivity index (χ2v) is 8.52. The third kappa shape index (κ3) is 3.91. The lowest BCUT2D eigenvalue weighted by Crippen LogP contribution is -2.25. The maximum Gasteiger partial charge on any atom is 0.151 e. The van der Waals surface area contributed by atoms with E-state index in [0.717, 1.165) is 61.9 Å². The van der Waals surface area contributed by atoms with Crippen molar-refractivity contribution >= 4 is 11.6 Å². The lowest BCUT2D eigenvalue weighted by Gasteiger charge is -2.30. The van der Waals surface area contributed by atoms with Gasteiger partial charge in [0.25, 0.3) is 0 Å². The molecular weight excluding hydrogens is 360 g/mol.